The number of fused-ring (bicyclic) bond motifs is 2. The zero-order chi connectivity index (χ0) is 28.4. The molecule has 2 amide bonds. The molecule has 2 atom stereocenters. The molecule has 1 saturated heterocycles. The van der Waals surface area contributed by atoms with Gasteiger partial charge in [0.15, 0.2) is 11.6 Å². The van der Waals surface area contributed by atoms with Crippen LogP contribution in [-0.2, 0) is 5.41 Å². The monoisotopic (exact) mass is 552 g/mol. The number of nitrogens with zero attached hydrogens (tertiary/aromatic N) is 4. The Bertz CT molecular complexity index is 1580. The lowest BCUT2D eigenvalue weighted by Gasteiger charge is -2.17. The summed E-state index contributed by atoms with van der Waals surface area (Å²) in [6, 6.07) is 13.0. The molecule has 4 heterocycles. The lowest BCUT2D eigenvalue weighted by molar-refractivity contribution is 0.227. The summed E-state index contributed by atoms with van der Waals surface area (Å²) in [5, 5.41) is 9.32. The molecule has 2 fully saturated rings. The minimum Gasteiger partial charge on any atom is -0.492 e. The van der Waals surface area contributed by atoms with Gasteiger partial charge in [-0.05, 0) is 61.1 Å². The molecule has 0 spiro atoms. The van der Waals surface area contributed by atoms with Crippen molar-refractivity contribution in [2.75, 3.05) is 36.9 Å². The third-order valence-electron chi connectivity index (χ3n) is 7.88. The number of aromatic nitrogens is 3. The average Bonchev–Trinajstić information content (AvgIpc) is 3.71. The second-order valence-electron chi connectivity index (χ2n) is 12.0. The summed E-state index contributed by atoms with van der Waals surface area (Å²) in [6.07, 6.45) is 7.83. The molecule has 3 aromatic heterocycles. The van der Waals surface area contributed by atoms with E-state index in [0.717, 1.165) is 35.3 Å². The van der Waals surface area contributed by atoms with Crippen LogP contribution in [0.4, 0.5) is 16.4 Å². The average molecular weight is 553 g/mol. The fourth-order valence-corrected chi connectivity index (χ4v) is 5.66. The van der Waals surface area contributed by atoms with Crippen molar-refractivity contribution >= 4 is 23.3 Å². The summed E-state index contributed by atoms with van der Waals surface area (Å²) in [5.41, 5.74) is 2.21. The summed E-state index contributed by atoms with van der Waals surface area (Å²) < 4.78 is 13.1. The number of benzene rings is 1. The highest BCUT2D eigenvalue weighted by atomic mass is 16.5. The van der Waals surface area contributed by atoms with Crippen LogP contribution in [0.3, 0.4) is 0 Å². The Labute approximate surface area is 240 Å². The number of hydrogen-bond acceptors (Lipinski definition) is 6. The predicted molar refractivity (Wildman–Crippen MR) is 158 cm³/mol. The number of carbonyl (C=O) groups is 1. The van der Waals surface area contributed by atoms with E-state index in [2.05, 4.69) is 37.5 Å². The first-order valence-corrected chi connectivity index (χ1v) is 14.3. The first-order valence-electron chi connectivity index (χ1n) is 14.3. The lowest BCUT2D eigenvalue weighted by atomic mass is 9.93. The number of imidazole rings is 1. The van der Waals surface area contributed by atoms with Gasteiger partial charge in [0.1, 0.15) is 23.8 Å². The Kier molecular flexibility index (Phi) is 7.41. The van der Waals surface area contributed by atoms with Crippen molar-refractivity contribution < 1.29 is 14.1 Å². The zero-order valence-electron chi connectivity index (χ0n) is 23.8. The Morgan fingerprint density at radius 3 is 2.49 bits per heavy atom. The smallest absolute Gasteiger partial charge is 0.326 e. The standard InChI is InChI=1S/C32H36N6O3/c1-32(2,3)27-18-28(36-41-27)34-31(39)35-29-21-38-14-13-23(17-30(38)33-29)8-7-22-9-11-26(12-10-22)40-16-15-37-19-24-5-4-6-25(24)20-37/h9-14,17-18,21,24-25H,4-6,15-16,19-20H2,1-3H3,(H2,34,35,36,39). The van der Waals surface area contributed by atoms with Gasteiger partial charge < -0.3 is 13.7 Å². The molecule has 1 aromatic carbocycles. The largest absolute Gasteiger partial charge is 0.492 e. The second-order valence-corrected chi connectivity index (χ2v) is 12.0. The third-order valence-corrected chi connectivity index (χ3v) is 7.88. The van der Waals surface area contributed by atoms with Gasteiger partial charge in [-0.3, -0.25) is 15.5 Å². The molecule has 1 saturated carbocycles. The van der Waals surface area contributed by atoms with E-state index < -0.39 is 6.03 Å². The quantitative estimate of drug-likeness (QED) is 0.295. The van der Waals surface area contributed by atoms with Gasteiger partial charge >= 0.3 is 6.03 Å². The maximum absolute atomic E-state index is 12.4. The molecule has 4 aromatic rings. The molecule has 1 aliphatic heterocycles. The summed E-state index contributed by atoms with van der Waals surface area (Å²) in [7, 11) is 0. The van der Waals surface area contributed by atoms with Crippen molar-refractivity contribution in [3.63, 3.8) is 0 Å². The summed E-state index contributed by atoms with van der Waals surface area (Å²) in [6.45, 7) is 10.2. The third kappa shape index (κ3) is 6.55. The topological polar surface area (TPSA) is 96.9 Å². The normalized spacial score (nSPS) is 18.6. The van der Waals surface area contributed by atoms with Crippen LogP contribution in [0.1, 0.15) is 56.9 Å². The molecule has 2 unspecified atom stereocenters. The summed E-state index contributed by atoms with van der Waals surface area (Å²) in [4.78, 5) is 19.5. The number of nitrogens with one attached hydrogen (secondary N) is 2. The number of anilines is 2. The molecule has 6 rings (SSSR count). The van der Waals surface area contributed by atoms with E-state index in [1.54, 1.807) is 12.3 Å². The lowest BCUT2D eigenvalue weighted by Crippen LogP contribution is -2.27. The van der Waals surface area contributed by atoms with Gasteiger partial charge in [0.2, 0.25) is 0 Å². The first-order chi connectivity index (χ1) is 19.8. The molecule has 0 radical (unpaired) electrons. The van der Waals surface area contributed by atoms with E-state index in [-0.39, 0.29) is 5.41 Å². The van der Waals surface area contributed by atoms with Gasteiger partial charge in [-0.1, -0.05) is 44.2 Å². The van der Waals surface area contributed by atoms with Crippen molar-refractivity contribution in [3.05, 3.63) is 71.7 Å². The molecular weight excluding hydrogens is 516 g/mol. The maximum Gasteiger partial charge on any atom is 0.326 e. The molecular formula is C32H36N6O3. The van der Waals surface area contributed by atoms with Crippen LogP contribution in [0, 0.1) is 23.7 Å². The Morgan fingerprint density at radius 2 is 1.76 bits per heavy atom. The molecule has 2 aliphatic rings. The number of amides is 2. The number of carbonyl (C=O) groups excluding carboxylic acids is 1. The van der Waals surface area contributed by atoms with Crippen molar-refractivity contribution in [2.24, 2.45) is 11.8 Å². The SMILES string of the molecule is CC(C)(C)c1cc(NC(=O)Nc2cn3ccc(C#Cc4ccc(OCCN5CC6CCCC6C5)cc4)cc3n2)no1. The van der Waals surface area contributed by atoms with Crippen LogP contribution in [0.15, 0.2) is 59.4 Å². The highest BCUT2D eigenvalue weighted by Crippen LogP contribution is 2.37. The van der Waals surface area contributed by atoms with E-state index in [0.29, 0.717) is 29.7 Å². The van der Waals surface area contributed by atoms with E-state index in [4.69, 9.17) is 9.26 Å². The Balaban J connectivity index is 1.01. The molecule has 1 aliphatic carbocycles. The Morgan fingerprint density at radius 1 is 1.02 bits per heavy atom. The second kappa shape index (κ2) is 11.3. The van der Waals surface area contributed by atoms with E-state index in [1.165, 1.54) is 32.4 Å². The van der Waals surface area contributed by atoms with Crippen molar-refractivity contribution in [1.82, 2.24) is 19.4 Å². The highest BCUT2D eigenvalue weighted by molar-refractivity contribution is 5.98. The van der Waals surface area contributed by atoms with Gasteiger partial charge in [-0.2, -0.15) is 0 Å². The summed E-state index contributed by atoms with van der Waals surface area (Å²) >= 11 is 0. The van der Waals surface area contributed by atoms with Crippen LogP contribution in [-0.4, -0.2) is 51.7 Å². The van der Waals surface area contributed by atoms with E-state index in [9.17, 15) is 4.79 Å². The highest BCUT2D eigenvalue weighted by Gasteiger charge is 2.35. The summed E-state index contributed by atoms with van der Waals surface area (Å²) in [5.74, 6) is 10.6. The number of rotatable bonds is 6. The number of pyridine rings is 1. The molecule has 9 nitrogen and oxygen atoms in total. The zero-order valence-corrected chi connectivity index (χ0v) is 23.8. The number of hydrogen-bond donors (Lipinski definition) is 2. The molecule has 2 N–H and O–H groups in total. The van der Waals surface area contributed by atoms with Crippen molar-refractivity contribution in [2.45, 2.75) is 45.4 Å². The maximum atomic E-state index is 12.4. The van der Waals surface area contributed by atoms with Crippen LogP contribution in [0.2, 0.25) is 0 Å². The number of urea groups is 1. The number of ether oxygens (including phenoxy) is 1. The fraction of sp³-hybridized carbons (Fsp3) is 0.406. The van der Waals surface area contributed by atoms with Gasteiger partial charge in [-0.25, -0.2) is 9.78 Å². The molecule has 212 valence electrons. The molecule has 0 bridgehead atoms. The van der Waals surface area contributed by atoms with Crippen LogP contribution in [0.5, 0.6) is 5.75 Å². The van der Waals surface area contributed by atoms with Gasteiger partial charge in [0.25, 0.3) is 0 Å². The fourth-order valence-electron chi connectivity index (χ4n) is 5.66. The van der Waals surface area contributed by atoms with Gasteiger partial charge in [0, 0.05) is 48.4 Å². The number of likely N-dealkylation sites (tertiary alicyclic amines) is 1. The van der Waals surface area contributed by atoms with E-state index >= 15 is 0 Å². The van der Waals surface area contributed by atoms with Crippen molar-refractivity contribution in [3.8, 4) is 17.6 Å². The molecule has 9 heteroatoms. The van der Waals surface area contributed by atoms with Crippen LogP contribution < -0.4 is 15.4 Å². The first kappa shape index (κ1) is 26.9. The molecule has 41 heavy (non-hydrogen) atoms. The predicted octanol–water partition coefficient (Wildman–Crippen LogP) is 5.77. The van der Waals surface area contributed by atoms with Crippen LogP contribution in [0.25, 0.3) is 5.65 Å². The minimum absolute atomic E-state index is 0.199. The van der Waals surface area contributed by atoms with E-state index in [1.807, 2.05) is 67.8 Å². The van der Waals surface area contributed by atoms with Gasteiger partial charge in [-0.15, -0.1) is 0 Å². The Hall–Kier alpha value is -4.29. The van der Waals surface area contributed by atoms with Crippen molar-refractivity contribution in [1.29, 1.82) is 0 Å². The van der Waals surface area contributed by atoms with Gasteiger partial charge in [0.05, 0.1) is 6.20 Å². The minimum atomic E-state index is -0.451. The van der Waals surface area contributed by atoms with Crippen LogP contribution >= 0.6 is 0 Å².